The Morgan fingerprint density at radius 1 is 1.55 bits per heavy atom. The summed E-state index contributed by atoms with van der Waals surface area (Å²) in [5.41, 5.74) is 0.959. The topological polar surface area (TPSA) is 81.4 Å². The predicted octanol–water partition coefficient (Wildman–Crippen LogP) is 2.66. The van der Waals surface area contributed by atoms with E-state index in [1.807, 2.05) is 0 Å². The van der Waals surface area contributed by atoms with Gasteiger partial charge in [0.05, 0.1) is 24.5 Å². The second-order valence-electron chi connectivity index (χ2n) is 5.01. The minimum Gasteiger partial charge on any atom is -0.466 e. The second-order valence-corrected chi connectivity index (χ2v) is 6.10. The molecule has 2 heterocycles. The number of nitrogens with zero attached hydrogens (tertiary/aromatic N) is 1. The van der Waals surface area contributed by atoms with E-state index in [-0.39, 0.29) is 23.6 Å². The van der Waals surface area contributed by atoms with Gasteiger partial charge in [-0.3, -0.25) is 14.9 Å². The molecule has 6 nitrogen and oxygen atoms in total. The number of furan rings is 1. The molecule has 0 saturated heterocycles. The monoisotopic (exact) mass is 320 g/mol. The lowest BCUT2D eigenvalue weighted by molar-refractivity contribution is -0.148. The number of carbonyl (C=O) groups is 2. The first-order valence-electron chi connectivity index (χ1n) is 7.17. The van der Waals surface area contributed by atoms with Crippen LogP contribution < -0.4 is 5.32 Å². The van der Waals surface area contributed by atoms with Crippen LogP contribution in [0, 0.1) is 5.92 Å². The molecule has 0 fully saturated rings. The third-order valence-electron chi connectivity index (χ3n) is 3.53. The molecule has 1 aliphatic rings. The number of aromatic nitrogens is 1. The smallest absolute Gasteiger partial charge is 0.309 e. The first-order chi connectivity index (χ1) is 10.7. The molecule has 1 atom stereocenters. The molecule has 0 radical (unpaired) electrons. The van der Waals surface area contributed by atoms with Gasteiger partial charge in [0.1, 0.15) is 0 Å². The quantitative estimate of drug-likeness (QED) is 0.876. The Bertz CT molecular complexity index is 678. The Hall–Kier alpha value is -2.15. The second kappa shape index (κ2) is 6.31. The average Bonchev–Trinajstić information content (AvgIpc) is 3.15. The standard InChI is InChI=1S/C15H16N2O4S/c1-2-20-14(19)9-5-6-10-12(8-9)22-15(16-10)17-13(18)11-4-3-7-21-11/h3-4,7,9H,2,5-6,8H2,1H3,(H,16,17,18). The van der Waals surface area contributed by atoms with Gasteiger partial charge in [-0.05, 0) is 38.3 Å². The molecule has 22 heavy (non-hydrogen) atoms. The minimum atomic E-state index is -0.321. The van der Waals surface area contributed by atoms with E-state index in [4.69, 9.17) is 9.15 Å². The number of rotatable bonds is 4. The molecule has 1 aliphatic carbocycles. The molecular weight excluding hydrogens is 304 g/mol. The number of thiazole rings is 1. The first kappa shape index (κ1) is 14.8. The number of anilines is 1. The van der Waals surface area contributed by atoms with E-state index in [2.05, 4.69) is 10.3 Å². The van der Waals surface area contributed by atoms with Crippen LogP contribution in [0.15, 0.2) is 22.8 Å². The average molecular weight is 320 g/mol. The number of aryl methyl sites for hydroxylation is 1. The molecule has 2 aromatic heterocycles. The van der Waals surface area contributed by atoms with E-state index in [0.717, 1.165) is 23.4 Å². The molecule has 116 valence electrons. The Kier molecular flexibility index (Phi) is 4.24. The predicted molar refractivity (Wildman–Crippen MR) is 80.9 cm³/mol. The minimum absolute atomic E-state index is 0.110. The fourth-order valence-corrected chi connectivity index (χ4v) is 3.54. The fourth-order valence-electron chi connectivity index (χ4n) is 2.46. The third kappa shape index (κ3) is 3.04. The van der Waals surface area contributed by atoms with Gasteiger partial charge >= 0.3 is 5.97 Å². The number of nitrogens with one attached hydrogen (secondary N) is 1. The van der Waals surface area contributed by atoms with Gasteiger partial charge < -0.3 is 9.15 Å². The maximum Gasteiger partial charge on any atom is 0.309 e. The fraction of sp³-hybridized carbons (Fsp3) is 0.400. The summed E-state index contributed by atoms with van der Waals surface area (Å²) in [5, 5.41) is 3.27. The Morgan fingerprint density at radius 3 is 3.14 bits per heavy atom. The van der Waals surface area contributed by atoms with Crippen molar-refractivity contribution in [1.82, 2.24) is 4.98 Å². The zero-order chi connectivity index (χ0) is 15.5. The zero-order valence-corrected chi connectivity index (χ0v) is 12.9. The molecule has 1 N–H and O–H groups in total. The Labute approximate surface area is 131 Å². The highest BCUT2D eigenvalue weighted by molar-refractivity contribution is 7.15. The van der Waals surface area contributed by atoms with Crippen LogP contribution in [0.5, 0.6) is 0 Å². The summed E-state index contributed by atoms with van der Waals surface area (Å²) >= 11 is 1.41. The summed E-state index contributed by atoms with van der Waals surface area (Å²) < 4.78 is 10.1. The molecule has 1 amide bonds. The number of hydrogen-bond acceptors (Lipinski definition) is 6. The van der Waals surface area contributed by atoms with Crippen LogP contribution in [0.1, 0.15) is 34.5 Å². The maximum absolute atomic E-state index is 11.9. The number of ether oxygens (including phenoxy) is 1. The van der Waals surface area contributed by atoms with E-state index >= 15 is 0 Å². The summed E-state index contributed by atoms with van der Waals surface area (Å²) in [4.78, 5) is 29.2. The van der Waals surface area contributed by atoms with Crippen LogP contribution in [0.25, 0.3) is 0 Å². The van der Waals surface area contributed by atoms with Crippen molar-refractivity contribution in [2.45, 2.75) is 26.2 Å². The highest BCUT2D eigenvalue weighted by atomic mass is 32.1. The number of fused-ring (bicyclic) bond motifs is 1. The van der Waals surface area contributed by atoms with Crippen LogP contribution >= 0.6 is 11.3 Å². The summed E-state index contributed by atoms with van der Waals surface area (Å²) in [7, 11) is 0. The van der Waals surface area contributed by atoms with Gasteiger partial charge in [-0.1, -0.05) is 0 Å². The molecule has 7 heteroatoms. The van der Waals surface area contributed by atoms with Crippen LogP contribution in [0.2, 0.25) is 0 Å². The normalized spacial score (nSPS) is 16.9. The molecule has 0 spiro atoms. The number of carbonyl (C=O) groups excluding carboxylic acids is 2. The van der Waals surface area contributed by atoms with E-state index in [1.54, 1.807) is 19.1 Å². The summed E-state index contributed by atoms with van der Waals surface area (Å²) in [6.45, 7) is 2.20. The third-order valence-corrected chi connectivity index (χ3v) is 4.56. The molecule has 0 bridgehead atoms. The lowest BCUT2D eigenvalue weighted by atomic mass is 9.91. The summed E-state index contributed by atoms with van der Waals surface area (Å²) in [5.74, 6) is -0.333. The molecule has 3 rings (SSSR count). The van der Waals surface area contributed by atoms with Gasteiger partial charge in [-0.2, -0.15) is 0 Å². The number of amides is 1. The molecule has 0 saturated carbocycles. The van der Waals surface area contributed by atoms with Gasteiger partial charge in [0.15, 0.2) is 10.9 Å². The van der Waals surface area contributed by atoms with Crippen LogP contribution in [0.3, 0.4) is 0 Å². The lowest BCUT2D eigenvalue weighted by Gasteiger charge is -2.18. The summed E-state index contributed by atoms with van der Waals surface area (Å²) in [6, 6.07) is 3.26. The molecule has 0 aromatic carbocycles. The molecule has 0 aliphatic heterocycles. The SMILES string of the molecule is CCOC(=O)C1CCc2nc(NC(=O)c3ccco3)sc2C1. The van der Waals surface area contributed by atoms with Gasteiger partial charge in [-0.15, -0.1) is 11.3 Å². The van der Waals surface area contributed by atoms with E-state index in [1.165, 1.54) is 17.6 Å². The van der Waals surface area contributed by atoms with Gasteiger partial charge in [0.25, 0.3) is 5.91 Å². The van der Waals surface area contributed by atoms with E-state index < -0.39 is 0 Å². The maximum atomic E-state index is 11.9. The van der Waals surface area contributed by atoms with Crippen molar-refractivity contribution < 1.29 is 18.7 Å². The van der Waals surface area contributed by atoms with Crippen LogP contribution in [-0.2, 0) is 22.4 Å². The van der Waals surface area contributed by atoms with Crippen molar-refractivity contribution in [2.75, 3.05) is 11.9 Å². The van der Waals surface area contributed by atoms with E-state index in [9.17, 15) is 9.59 Å². The Morgan fingerprint density at radius 2 is 2.41 bits per heavy atom. The first-order valence-corrected chi connectivity index (χ1v) is 7.99. The van der Waals surface area contributed by atoms with Crippen molar-refractivity contribution >= 4 is 28.3 Å². The van der Waals surface area contributed by atoms with Crippen molar-refractivity contribution in [2.24, 2.45) is 5.92 Å². The van der Waals surface area contributed by atoms with Crippen molar-refractivity contribution in [3.8, 4) is 0 Å². The number of hydrogen-bond donors (Lipinski definition) is 1. The lowest BCUT2D eigenvalue weighted by Crippen LogP contribution is -2.24. The van der Waals surface area contributed by atoms with Crippen LogP contribution in [0.4, 0.5) is 5.13 Å². The van der Waals surface area contributed by atoms with Gasteiger partial charge in [-0.25, -0.2) is 4.98 Å². The number of esters is 1. The highest BCUT2D eigenvalue weighted by Gasteiger charge is 2.28. The Balaban J connectivity index is 1.68. The van der Waals surface area contributed by atoms with Crippen molar-refractivity contribution in [3.05, 3.63) is 34.7 Å². The van der Waals surface area contributed by atoms with Gasteiger partial charge in [0, 0.05) is 4.88 Å². The van der Waals surface area contributed by atoms with Crippen LogP contribution in [-0.4, -0.2) is 23.5 Å². The highest BCUT2D eigenvalue weighted by Crippen LogP contribution is 2.33. The zero-order valence-electron chi connectivity index (χ0n) is 12.1. The van der Waals surface area contributed by atoms with Crippen molar-refractivity contribution in [3.63, 3.8) is 0 Å². The van der Waals surface area contributed by atoms with Crippen molar-refractivity contribution in [1.29, 1.82) is 0 Å². The van der Waals surface area contributed by atoms with Gasteiger partial charge in [0.2, 0.25) is 0 Å². The van der Waals surface area contributed by atoms with E-state index in [0.29, 0.717) is 18.2 Å². The molecule has 1 unspecified atom stereocenters. The molecule has 2 aromatic rings. The summed E-state index contributed by atoms with van der Waals surface area (Å²) in [6.07, 6.45) is 3.54. The largest absolute Gasteiger partial charge is 0.466 e. The molecular formula is C15H16N2O4S.